The van der Waals surface area contributed by atoms with Gasteiger partial charge < -0.3 is 10.6 Å². The average molecular weight is 246 g/mol. The Hall–Kier alpha value is -1.13. The van der Waals surface area contributed by atoms with Crippen LogP contribution < -0.4 is 5.73 Å². The average Bonchev–Trinajstić information content (AvgIpc) is 2.33. The maximum atomic E-state index is 5.60. The molecule has 1 spiro atoms. The lowest BCUT2D eigenvalue weighted by Crippen LogP contribution is -2.58. The molecule has 2 saturated heterocycles. The molecular formula is C14H22N4. The Morgan fingerprint density at radius 2 is 2.00 bits per heavy atom. The molecule has 1 aromatic rings. The molecule has 0 aromatic carbocycles. The summed E-state index contributed by atoms with van der Waals surface area (Å²) < 4.78 is 0. The Labute approximate surface area is 109 Å². The second kappa shape index (κ2) is 4.52. The minimum atomic E-state index is 0.605. The molecule has 3 rings (SSSR count). The van der Waals surface area contributed by atoms with Crippen LogP contribution in [-0.2, 0) is 6.54 Å². The first-order valence-corrected chi connectivity index (χ1v) is 6.77. The van der Waals surface area contributed by atoms with Crippen molar-refractivity contribution < 1.29 is 0 Å². The Morgan fingerprint density at radius 1 is 1.28 bits per heavy atom. The van der Waals surface area contributed by atoms with Crippen LogP contribution in [0.1, 0.15) is 18.4 Å². The molecule has 3 heterocycles. The molecule has 98 valence electrons. The summed E-state index contributed by atoms with van der Waals surface area (Å²) in [5, 5.41) is 0. The number of pyridine rings is 1. The van der Waals surface area contributed by atoms with E-state index in [1.165, 1.54) is 44.6 Å². The second-order valence-electron chi connectivity index (χ2n) is 6.04. The molecule has 18 heavy (non-hydrogen) atoms. The van der Waals surface area contributed by atoms with E-state index in [1.807, 2.05) is 12.3 Å². The van der Waals surface area contributed by atoms with Gasteiger partial charge in [-0.05, 0) is 50.0 Å². The van der Waals surface area contributed by atoms with Crippen molar-refractivity contribution >= 4 is 5.82 Å². The number of nitrogen functional groups attached to an aromatic ring is 1. The Bertz CT molecular complexity index is 398. The van der Waals surface area contributed by atoms with E-state index in [4.69, 9.17) is 5.73 Å². The maximum Gasteiger partial charge on any atom is 0.123 e. The van der Waals surface area contributed by atoms with Crippen LogP contribution in [0.25, 0.3) is 0 Å². The fraction of sp³-hybridized carbons (Fsp3) is 0.643. The number of likely N-dealkylation sites (tertiary alicyclic amines) is 2. The van der Waals surface area contributed by atoms with E-state index in [-0.39, 0.29) is 0 Å². The van der Waals surface area contributed by atoms with Gasteiger partial charge in [0.25, 0.3) is 0 Å². The van der Waals surface area contributed by atoms with Gasteiger partial charge in [-0.3, -0.25) is 4.90 Å². The molecule has 4 heteroatoms. The third-order valence-electron chi connectivity index (χ3n) is 4.38. The fourth-order valence-electron chi connectivity index (χ4n) is 3.39. The smallest absolute Gasteiger partial charge is 0.123 e. The number of nitrogens with two attached hydrogens (primary N) is 1. The minimum absolute atomic E-state index is 0.605. The quantitative estimate of drug-likeness (QED) is 0.851. The molecule has 2 aliphatic heterocycles. The van der Waals surface area contributed by atoms with E-state index in [1.54, 1.807) is 0 Å². The van der Waals surface area contributed by atoms with Crippen molar-refractivity contribution in [2.24, 2.45) is 5.41 Å². The molecule has 0 amide bonds. The van der Waals surface area contributed by atoms with E-state index in [2.05, 4.69) is 27.9 Å². The van der Waals surface area contributed by atoms with E-state index in [9.17, 15) is 0 Å². The van der Waals surface area contributed by atoms with Gasteiger partial charge in [-0.2, -0.15) is 0 Å². The van der Waals surface area contributed by atoms with Crippen LogP contribution in [-0.4, -0.2) is 48.0 Å². The highest BCUT2D eigenvalue weighted by Crippen LogP contribution is 2.39. The highest BCUT2D eigenvalue weighted by Gasteiger charge is 2.42. The first-order chi connectivity index (χ1) is 8.65. The van der Waals surface area contributed by atoms with Gasteiger partial charge in [0.15, 0.2) is 0 Å². The molecule has 1 aromatic heterocycles. The number of hydrogen-bond acceptors (Lipinski definition) is 4. The molecule has 0 unspecified atom stereocenters. The van der Waals surface area contributed by atoms with E-state index in [0.717, 1.165) is 6.54 Å². The van der Waals surface area contributed by atoms with Crippen molar-refractivity contribution in [3.05, 3.63) is 23.9 Å². The standard InChI is InChI=1S/C14H22N4/c1-17-10-14(11-17)4-6-18(7-5-14)9-12-2-3-13(15)16-8-12/h2-3,8H,4-7,9-11H2,1H3,(H2,15,16). The topological polar surface area (TPSA) is 45.4 Å². The summed E-state index contributed by atoms with van der Waals surface area (Å²) in [7, 11) is 2.22. The molecule has 0 saturated carbocycles. The van der Waals surface area contributed by atoms with Crippen molar-refractivity contribution in [1.29, 1.82) is 0 Å². The number of hydrogen-bond donors (Lipinski definition) is 1. The summed E-state index contributed by atoms with van der Waals surface area (Å²) in [6.45, 7) is 6.05. The van der Waals surface area contributed by atoms with Crippen molar-refractivity contribution in [3.63, 3.8) is 0 Å². The van der Waals surface area contributed by atoms with Crippen LogP contribution in [0.5, 0.6) is 0 Å². The number of aromatic nitrogens is 1. The van der Waals surface area contributed by atoms with Crippen LogP contribution in [0.4, 0.5) is 5.82 Å². The third-order valence-corrected chi connectivity index (χ3v) is 4.38. The van der Waals surface area contributed by atoms with Gasteiger partial charge in [-0.15, -0.1) is 0 Å². The number of piperidine rings is 1. The predicted molar refractivity (Wildman–Crippen MR) is 73.1 cm³/mol. The summed E-state index contributed by atoms with van der Waals surface area (Å²) in [5.41, 5.74) is 7.52. The Morgan fingerprint density at radius 3 is 2.56 bits per heavy atom. The number of nitrogens with zero attached hydrogens (tertiary/aromatic N) is 3. The monoisotopic (exact) mass is 246 g/mol. The largest absolute Gasteiger partial charge is 0.384 e. The molecule has 0 radical (unpaired) electrons. The van der Waals surface area contributed by atoms with Crippen LogP contribution in [0, 0.1) is 5.41 Å². The molecule has 2 aliphatic rings. The van der Waals surface area contributed by atoms with E-state index in [0.29, 0.717) is 11.2 Å². The van der Waals surface area contributed by atoms with E-state index >= 15 is 0 Å². The van der Waals surface area contributed by atoms with Crippen LogP contribution in [0.15, 0.2) is 18.3 Å². The second-order valence-corrected chi connectivity index (χ2v) is 6.04. The highest BCUT2D eigenvalue weighted by atomic mass is 15.2. The summed E-state index contributed by atoms with van der Waals surface area (Å²) >= 11 is 0. The van der Waals surface area contributed by atoms with Gasteiger partial charge in [0.2, 0.25) is 0 Å². The zero-order valence-electron chi connectivity index (χ0n) is 11.1. The molecule has 4 nitrogen and oxygen atoms in total. The van der Waals surface area contributed by atoms with Gasteiger partial charge in [0.1, 0.15) is 5.82 Å². The van der Waals surface area contributed by atoms with Gasteiger partial charge in [-0.25, -0.2) is 4.98 Å². The summed E-state index contributed by atoms with van der Waals surface area (Å²) in [6.07, 6.45) is 4.59. The van der Waals surface area contributed by atoms with Crippen LogP contribution in [0.3, 0.4) is 0 Å². The van der Waals surface area contributed by atoms with Crippen molar-refractivity contribution in [1.82, 2.24) is 14.8 Å². The highest BCUT2D eigenvalue weighted by molar-refractivity contribution is 5.29. The summed E-state index contributed by atoms with van der Waals surface area (Å²) in [6, 6.07) is 3.98. The third kappa shape index (κ3) is 2.35. The molecular weight excluding hydrogens is 224 g/mol. The number of rotatable bonds is 2. The van der Waals surface area contributed by atoms with Crippen molar-refractivity contribution in [2.45, 2.75) is 19.4 Å². The van der Waals surface area contributed by atoms with Crippen molar-refractivity contribution in [2.75, 3.05) is 39.0 Å². The molecule has 0 atom stereocenters. The number of anilines is 1. The lowest BCUT2D eigenvalue weighted by Gasteiger charge is -2.53. The fourth-order valence-corrected chi connectivity index (χ4v) is 3.39. The summed E-state index contributed by atoms with van der Waals surface area (Å²) in [4.78, 5) is 9.12. The lowest BCUT2D eigenvalue weighted by molar-refractivity contribution is -0.0329. The normalized spacial score (nSPS) is 24.1. The first-order valence-electron chi connectivity index (χ1n) is 6.77. The Kier molecular flexibility index (Phi) is 2.99. The first kappa shape index (κ1) is 11.9. The maximum absolute atomic E-state index is 5.60. The molecule has 0 aliphatic carbocycles. The van der Waals surface area contributed by atoms with Crippen LogP contribution in [0.2, 0.25) is 0 Å². The van der Waals surface area contributed by atoms with Gasteiger partial charge in [0, 0.05) is 25.8 Å². The zero-order valence-corrected chi connectivity index (χ0v) is 11.1. The SMILES string of the molecule is CN1CC2(CCN(Cc3ccc(N)nc3)CC2)C1. The Balaban J connectivity index is 1.52. The molecule has 2 N–H and O–H groups in total. The van der Waals surface area contributed by atoms with Gasteiger partial charge >= 0.3 is 0 Å². The van der Waals surface area contributed by atoms with Crippen molar-refractivity contribution in [3.8, 4) is 0 Å². The molecule has 2 fully saturated rings. The lowest BCUT2D eigenvalue weighted by atomic mass is 9.72. The van der Waals surface area contributed by atoms with E-state index < -0.39 is 0 Å². The minimum Gasteiger partial charge on any atom is -0.384 e. The van der Waals surface area contributed by atoms with Gasteiger partial charge in [0.05, 0.1) is 0 Å². The zero-order chi connectivity index (χ0) is 12.6. The predicted octanol–water partition coefficient (Wildman–Crippen LogP) is 1.19. The van der Waals surface area contributed by atoms with Gasteiger partial charge in [-0.1, -0.05) is 6.07 Å². The summed E-state index contributed by atoms with van der Waals surface area (Å²) in [5.74, 6) is 0.605. The molecule has 0 bridgehead atoms. The van der Waals surface area contributed by atoms with Crippen LogP contribution >= 0.6 is 0 Å².